The van der Waals surface area contributed by atoms with Crippen molar-refractivity contribution in [2.45, 2.75) is 64.2 Å². The number of amides is 2. The number of hydrogen-bond donors (Lipinski definition) is 1. The van der Waals surface area contributed by atoms with Gasteiger partial charge in [-0.25, -0.2) is 0 Å². The molecule has 2 amide bonds. The fourth-order valence-electron chi connectivity index (χ4n) is 4.31. The molecule has 0 spiro atoms. The molecule has 1 N–H and O–H groups in total. The molecule has 0 aromatic carbocycles. The third-order valence-corrected chi connectivity index (χ3v) is 5.78. The molecule has 0 aromatic rings. The number of nitrogens with zero attached hydrogens (tertiary/aromatic N) is 1. The van der Waals surface area contributed by atoms with Gasteiger partial charge in [0.1, 0.15) is 0 Å². The largest absolute Gasteiger partial charge is 0.355 e. The fourth-order valence-corrected chi connectivity index (χ4v) is 4.31. The first-order valence-corrected chi connectivity index (χ1v) is 9.48. The smallest absolute Gasteiger partial charge is 0.224 e. The molecule has 0 aromatic heterocycles. The highest BCUT2D eigenvalue weighted by Crippen LogP contribution is 2.32. The van der Waals surface area contributed by atoms with Crippen LogP contribution in [0.5, 0.6) is 0 Å². The van der Waals surface area contributed by atoms with Gasteiger partial charge in [-0.05, 0) is 44.4 Å². The van der Waals surface area contributed by atoms with E-state index >= 15 is 0 Å². The van der Waals surface area contributed by atoms with Crippen LogP contribution in [0.25, 0.3) is 0 Å². The van der Waals surface area contributed by atoms with Gasteiger partial charge in [-0.15, -0.1) is 0 Å². The predicted octanol–water partition coefficient (Wildman–Crippen LogP) is 3.03. The summed E-state index contributed by atoms with van der Waals surface area (Å²) in [4.78, 5) is 26.5. The fraction of sp³-hybridized carbons (Fsp3) is 0.789. The highest BCUT2D eigenvalue weighted by Gasteiger charge is 2.28. The van der Waals surface area contributed by atoms with E-state index < -0.39 is 0 Å². The van der Waals surface area contributed by atoms with Crippen LogP contribution in [-0.4, -0.2) is 36.3 Å². The Hall–Kier alpha value is -1.32. The van der Waals surface area contributed by atoms with Gasteiger partial charge in [0, 0.05) is 32.0 Å². The molecular formula is C19H30N2O2. The first-order chi connectivity index (χ1) is 11.2. The molecule has 1 atom stereocenters. The van der Waals surface area contributed by atoms with Crippen LogP contribution in [0.3, 0.4) is 0 Å². The van der Waals surface area contributed by atoms with E-state index in [4.69, 9.17) is 0 Å². The highest BCUT2D eigenvalue weighted by atomic mass is 16.2. The molecule has 1 unspecified atom stereocenters. The first-order valence-electron chi connectivity index (χ1n) is 9.48. The standard InChI is InChI=1S/C19H30N2O2/c22-18(10-12-20-19(23)16-7-2-1-3-8-16)21-13-11-15-6-4-5-9-17(15)14-21/h9,15-16H,1-8,10-14H2,(H,20,23). The molecule has 1 saturated carbocycles. The highest BCUT2D eigenvalue weighted by molar-refractivity contribution is 5.80. The molecule has 23 heavy (non-hydrogen) atoms. The van der Waals surface area contributed by atoms with E-state index in [1.807, 2.05) is 4.90 Å². The van der Waals surface area contributed by atoms with Crippen LogP contribution in [0.1, 0.15) is 64.2 Å². The van der Waals surface area contributed by atoms with Crippen molar-refractivity contribution in [1.29, 1.82) is 0 Å². The number of nitrogens with one attached hydrogen (secondary N) is 1. The second-order valence-electron chi connectivity index (χ2n) is 7.39. The van der Waals surface area contributed by atoms with Gasteiger partial charge in [-0.2, -0.15) is 0 Å². The maximum Gasteiger partial charge on any atom is 0.224 e. The van der Waals surface area contributed by atoms with E-state index in [2.05, 4.69) is 11.4 Å². The average Bonchev–Trinajstić information content (AvgIpc) is 2.61. The van der Waals surface area contributed by atoms with Gasteiger partial charge in [0.25, 0.3) is 0 Å². The van der Waals surface area contributed by atoms with Crippen LogP contribution in [0.2, 0.25) is 0 Å². The summed E-state index contributed by atoms with van der Waals surface area (Å²) in [6, 6.07) is 0. The van der Waals surface area contributed by atoms with Crippen LogP contribution >= 0.6 is 0 Å². The zero-order valence-corrected chi connectivity index (χ0v) is 14.2. The lowest BCUT2D eigenvalue weighted by Crippen LogP contribution is -2.42. The molecule has 1 saturated heterocycles. The number of carbonyl (C=O) groups is 2. The van der Waals surface area contributed by atoms with E-state index in [0.717, 1.165) is 38.3 Å². The summed E-state index contributed by atoms with van der Waals surface area (Å²) >= 11 is 0. The zero-order chi connectivity index (χ0) is 16.1. The number of carbonyl (C=O) groups excluding carboxylic acids is 2. The number of rotatable bonds is 4. The molecular weight excluding hydrogens is 288 g/mol. The maximum absolute atomic E-state index is 12.4. The monoisotopic (exact) mass is 318 g/mol. The Labute approximate surface area is 139 Å². The molecule has 4 nitrogen and oxygen atoms in total. The Balaban J connectivity index is 1.39. The van der Waals surface area contributed by atoms with Crippen LogP contribution < -0.4 is 5.32 Å². The quantitative estimate of drug-likeness (QED) is 0.810. The SMILES string of the molecule is O=C(NCCC(=O)N1CCC2CCCC=C2C1)C1CCCCC1. The van der Waals surface area contributed by atoms with E-state index in [0.29, 0.717) is 13.0 Å². The van der Waals surface area contributed by atoms with Gasteiger partial charge < -0.3 is 10.2 Å². The Morgan fingerprint density at radius 2 is 1.91 bits per heavy atom. The van der Waals surface area contributed by atoms with Gasteiger partial charge in [-0.1, -0.05) is 30.9 Å². The molecule has 2 aliphatic carbocycles. The Morgan fingerprint density at radius 3 is 2.74 bits per heavy atom. The maximum atomic E-state index is 12.4. The van der Waals surface area contributed by atoms with Crippen molar-refractivity contribution in [2.24, 2.45) is 11.8 Å². The van der Waals surface area contributed by atoms with Crippen LogP contribution in [0.4, 0.5) is 0 Å². The third-order valence-electron chi connectivity index (χ3n) is 5.78. The van der Waals surface area contributed by atoms with Gasteiger partial charge >= 0.3 is 0 Å². The van der Waals surface area contributed by atoms with Crippen LogP contribution in [0.15, 0.2) is 11.6 Å². The number of likely N-dealkylation sites (tertiary alicyclic amines) is 1. The van der Waals surface area contributed by atoms with Crippen molar-refractivity contribution in [3.63, 3.8) is 0 Å². The molecule has 2 fully saturated rings. The zero-order valence-electron chi connectivity index (χ0n) is 14.2. The molecule has 0 radical (unpaired) electrons. The summed E-state index contributed by atoms with van der Waals surface area (Å²) in [5, 5.41) is 2.98. The summed E-state index contributed by atoms with van der Waals surface area (Å²) in [6.45, 7) is 2.20. The van der Waals surface area contributed by atoms with Crippen molar-refractivity contribution in [2.75, 3.05) is 19.6 Å². The molecule has 128 valence electrons. The number of piperidine rings is 1. The molecule has 4 heteroatoms. The minimum absolute atomic E-state index is 0.159. The number of fused-ring (bicyclic) bond motifs is 1. The predicted molar refractivity (Wildman–Crippen MR) is 90.8 cm³/mol. The van der Waals surface area contributed by atoms with E-state index in [1.165, 1.54) is 44.1 Å². The first kappa shape index (κ1) is 16.5. The van der Waals surface area contributed by atoms with Crippen molar-refractivity contribution < 1.29 is 9.59 Å². The number of hydrogen-bond acceptors (Lipinski definition) is 2. The van der Waals surface area contributed by atoms with Crippen molar-refractivity contribution in [3.05, 3.63) is 11.6 Å². The minimum Gasteiger partial charge on any atom is -0.355 e. The lowest BCUT2D eigenvalue weighted by Gasteiger charge is -2.36. The Morgan fingerprint density at radius 1 is 1.09 bits per heavy atom. The Kier molecular flexibility index (Phi) is 5.74. The van der Waals surface area contributed by atoms with Gasteiger partial charge in [0.2, 0.25) is 11.8 Å². The summed E-state index contributed by atoms with van der Waals surface area (Å²) < 4.78 is 0. The van der Waals surface area contributed by atoms with Crippen LogP contribution in [-0.2, 0) is 9.59 Å². The lowest BCUT2D eigenvalue weighted by atomic mass is 9.82. The topological polar surface area (TPSA) is 49.4 Å². The van der Waals surface area contributed by atoms with E-state index in [-0.39, 0.29) is 17.7 Å². The summed E-state index contributed by atoms with van der Waals surface area (Å²) in [6.07, 6.45) is 13.3. The summed E-state index contributed by atoms with van der Waals surface area (Å²) in [5.41, 5.74) is 1.47. The van der Waals surface area contributed by atoms with E-state index in [1.54, 1.807) is 0 Å². The molecule has 1 aliphatic heterocycles. The third kappa shape index (κ3) is 4.36. The van der Waals surface area contributed by atoms with Gasteiger partial charge in [0.15, 0.2) is 0 Å². The van der Waals surface area contributed by atoms with Crippen molar-refractivity contribution >= 4 is 11.8 Å². The summed E-state index contributed by atoms with van der Waals surface area (Å²) in [7, 11) is 0. The summed E-state index contributed by atoms with van der Waals surface area (Å²) in [5.74, 6) is 1.26. The second kappa shape index (κ2) is 7.98. The van der Waals surface area contributed by atoms with Crippen LogP contribution in [0, 0.1) is 11.8 Å². The van der Waals surface area contributed by atoms with Gasteiger partial charge in [0.05, 0.1) is 0 Å². The lowest BCUT2D eigenvalue weighted by molar-refractivity contribution is -0.131. The van der Waals surface area contributed by atoms with E-state index in [9.17, 15) is 9.59 Å². The molecule has 3 aliphatic rings. The minimum atomic E-state index is 0.159. The molecule has 0 bridgehead atoms. The normalized spacial score (nSPS) is 25.5. The molecule has 3 rings (SSSR count). The number of allylic oxidation sites excluding steroid dienone is 1. The van der Waals surface area contributed by atoms with Crippen molar-refractivity contribution in [1.82, 2.24) is 10.2 Å². The molecule has 1 heterocycles. The average molecular weight is 318 g/mol. The Bertz CT molecular complexity index is 466. The van der Waals surface area contributed by atoms with Gasteiger partial charge in [-0.3, -0.25) is 9.59 Å². The van der Waals surface area contributed by atoms with Crippen molar-refractivity contribution in [3.8, 4) is 0 Å². The second-order valence-corrected chi connectivity index (χ2v) is 7.39.